The number of esters is 1. The summed E-state index contributed by atoms with van der Waals surface area (Å²) in [5, 5.41) is 11.2. The molecular weight excluding hydrogens is 356 g/mol. The van der Waals surface area contributed by atoms with E-state index >= 15 is 0 Å². The lowest BCUT2D eigenvalue weighted by Gasteiger charge is -2.25. The fourth-order valence-electron chi connectivity index (χ4n) is 2.12. The molecule has 1 aliphatic heterocycles. The number of nitriles is 1. The van der Waals surface area contributed by atoms with E-state index in [1.807, 2.05) is 17.5 Å². The van der Waals surface area contributed by atoms with Crippen LogP contribution in [-0.4, -0.2) is 12.6 Å². The Morgan fingerprint density at radius 3 is 2.90 bits per heavy atom. The maximum Gasteiger partial charge on any atom is 0.338 e. The molecule has 2 heterocycles. The van der Waals surface area contributed by atoms with E-state index in [2.05, 4.69) is 15.9 Å². The first-order valence-electron chi connectivity index (χ1n) is 6.19. The second kappa shape index (κ2) is 6.33. The Bertz CT molecular complexity index is 685. The largest absolute Gasteiger partial charge is 0.463 e. The lowest BCUT2D eigenvalue weighted by molar-refractivity contribution is -0.139. The van der Waals surface area contributed by atoms with Gasteiger partial charge in [0.05, 0.1) is 18.1 Å². The molecule has 1 atom stereocenters. The van der Waals surface area contributed by atoms with Crippen molar-refractivity contribution in [2.75, 3.05) is 6.61 Å². The van der Waals surface area contributed by atoms with Crippen LogP contribution in [0.5, 0.6) is 0 Å². The molecule has 2 N–H and O–H groups in total. The highest BCUT2D eigenvalue weighted by Crippen LogP contribution is 2.42. The zero-order chi connectivity index (χ0) is 15.6. The molecule has 2 rings (SSSR count). The normalized spacial score (nSPS) is 18.3. The Morgan fingerprint density at radius 1 is 1.67 bits per heavy atom. The summed E-state index contributed by atoms with van der Waals surface area (Å²) in [6.07, 6.45) is 0. The summed E-state index contributed by atoms with van der Waals surface area (Å²) in [7, 11) is 0. The molecule has 1 unspecified atom stereocenters. The third kappa shape index (κ3) is 2.96. The van der Waals surface area contributed by atoms with Crippen molar-refractivity contribution >= 4 is 33.2 Å². The molecule has 0 aliphatic carbocycles. The predicted octanol–water partition coefficient (Wildman–Crippen LogP) is 3.16. The van der Waals surface area contributed by atoms with E-state index in [9.17, 15) is 10.1 Å². The highest BCUT2D eigenvalue weighted by atomic mass is 79.9. The lowest BCUT2D eigenvalue weighted by Crippen LogP contribution is -2.25. The van der Waals surface area contributed by atoms with Gasteiger partial charge in [-0.2, -0.15) is 5.26 Å². The minimum Gasteiger partial charge on any atom is -0.463 e. The summed E-state index contributed by atoms with van der Waals surface area (Å²) < 4.78 is 11.3. The summed E-state index contributed by atoms with van der Waals surface area (Å²) in [4.78, 5) is 13.1. The fraction of sp³-hybridized carbons (Fsp3) is 0.286. The standard InChI is InChI=1S/C14H13BrN2O3S/c1-3-19-14(18)11-7(2)20-13(17)9(5-16)12(11)10-4-8(15)6-21-10/h4,6,12H,3,17H2,1-2H3. The number of thiophene rings is 1. The van der Waals surface area contributed by atoms with Gasteiger partial charge in [-0.1, -0.05) is 0 Å². The number of nitrogens with two attached hydrogens (primary N) is 1. The van der Waals surface area contributed by atoms with Gasteiger partial charge in [0.15, 0.2) is 0 Å². The number of hydrogen-bond acceptors (Lipinski definition) is 6. The monoisotopic (exact) mass is 368 g/mol. The summed E-state index contributed by atoms with van der Waals surface area (Å²) in [6, 6.07) is 3.90. The Kier molecular flexibility index (Phi) is 4.70. The number of hydrogen-bond donors (Lipinski definition) is 1. The van der Waals surface area contributed by atoms with Crippen molar-refractivity contribution < 1.29 is 14.3 Å². The third-order valence-electron chi connectivity index (χ3n) is 2.97. The molecule has 0 aromatic carbocycles. The molecule has 7 heteroatoms. The van der Waals surface area contributed by atoms with Crippen molar-refractivity contribution in [2.45, 2.75) is 19.8 Å². The smallest absolute Gasteiger partial charge is 0.338 e. The average molecular weight is 369 g/mol. The Hall–Kier alpha value is -1.78. The first kappa shape index (κ1) is 15.6. The summed E-state index contributed by atoms with van der Waals surface area (Å²) >= 11 is 4.81. The molecule has 1 aromatic rings. The third-order valence-corrected chi connectivity index (χ3v) is 4.73. The van der Waals surface area contributed by atoms with E-state index in [4.69, 9.17) is 15.2 Å². The molecule has 0 saturated heterocycles. The van der Waals surface area contributed by atoms with E-state index < -0.39 is 11.9 Å². The molecule has 5 nitrogen and oxygen atoms in total. The quantitative estimate of drug-likeness (QED) is 0.828. The lowest BCUT2D eigenvalue weighted by atomic mass is 9.87. The number of halogens is 1. The van der Waals surface area contributed by atoms with Crippen molar-refractivity contribution in [3.63, 3.8) is 0 Å². The first-order chi connectivity index (χ1) is 9.99. The van der Waals surface area contributed by atoms with Crippen LogP contribution < -0.4 is 5.73 Å². The van der Waals surface area contributed by atoms with Crippen molar-refractivity contribution in [2.24, 2.45) is 5.73 Å². The second-order valence-electron chi connectivity index (χ2n) is 4.28. The first-order valence-corrected chi connectivity index (χ1v) is 7.86. The van der Waals surface area contributed by atoms with Gasteiger partial charge in [0.2, 0.25) is 5.88 Å². The minimum atomic E-state index is -0.556. The molecule has 1 aromatic heterocycles. The minimum absolute atomic E-state index is 0.0255. The van der Waals surface area contributed by atoms with Crippen molar-refractivity contribution in [1.82, 2.24) is 0 Å². The van der Waals surface area contributed by atoms with Crippen molar-refractivity contribution in [1.29, 1.82) is 5.26 Å². The fourth-order valence-corrected chi connectivity index (χ4v) is 3.68. The van der Waals surface area contributed by atoms with Gasteiger partial charge in [0.1, 0.15) is 17.4 Å². The molecule has 110 valence electrons. The van der Waals surface area contributed by atoms with E-state index in [0.717, 1.165) is 9.35 Å². The van der Waals surface area contributed by atoms with E-state index in [1.54, 1.807) is 13.8 Å². The van der Waals surface area contributed by atoms with Crippen molar-refractivity contribution in [3.8, 4) is 6.07 Å². The van der Waals surface area contributed by atoms with Gasteiger partial charge in [-0.3, -0.25) is 0 Å². The summed E-state index contributed by atoms with van der Waals surface area (Å²) in [5.41, 5.74) is 6.33. The Morgan fingerprint density at radius 2 is 2.38 bits per heavy atom. The second-order valence-corrected chi connectivity index (χ2v) is 6.14. The van der Waals surface area contributed by atoms with Gasteiger partial charge in [-0.15, -0.1) is 11.3 Å². The van der Waals surface area contributed by atoms with Gasteiger partial charge in [0, 0.05) is 14.7 Å². The molecule has 21 heavy (non-hydrogen) atoms. The number of ether oxygens (including phenoxy) is 2. The maximum absolute atomic E-state index is 12.2. The Balaban J connectivity index is 2.57. The topological polar surface area (TPSA) is 85.3 Å². The molecule has 1 aliphatic rings. The van der Waals surface area contributed by atoms with E-state index in [0.29, 0.717) is 11.3 Å². The van der Waals surface area contributed by atoms with Crippen LogP contribution in [0.2, 0.25) is 0 Å². The number of allylic oxidation sites excluding steroid dienone is 2. The van der Waals surface area contributed by atoms with E-state index in [1.165, 1.54) is 11.3 Å². The van der Waals surface area contributed by atoms with Crippen molar-refractivity contribution in [3.05, 3.63) is 43.6 Å². The van der Waals surface area contributed by atoms with Crippen LogP contribution in [0, 0.1) is 11.3 Å². The summed E-state index contributed by atoms with van der Waals surface area (Å²) in [6.45, 7) is 3.62. The van der Waals surface area contributed by atoms with E-state index in [-0.39, 0.29) is 18.1 Å². The molecule has 0 radical (unpaired) electrons. The molecule has 0 saturated carbocycles. The average Bonchev–Trinajstić information content (AvgIpc) is 2.84. The van der Waals surface area contributed by atoms with Gasteiger partial charge in [0.25, 0.3) is 0 Å². The highest BCUT2D eigenvalue weighted by molar-refractivity contribution is 9.10. The molecule has 0 bridgehead atoms. The SMILES string of the molecule is CCOC(=O)C1=C(C)OC(N)=C(C#N)C1c1cc(Br)cs1. The molecule has 0 spiro atoms. The predicted molar refractivity (Wildman–Crippen MR) is 82.0 cm³/mol. The van der Waals surface area contributed by atoms with Crippen LogP contribution >= 0.6 is 27.3 Å². The molecule has 0 amide bonds. The van der Waals surface area contributed by atoms with Crippen LogP contribution in [-0.2, 0) is 14.3 Å². The number of nitrogens with zero attached hydrogens (tertiary/aromatic N) is 1. The Labute approximate surface area is 134 Å². The number of carbonyl (C=O) groups is 1. The van der Waals surface area contributed by atoms with Gasteiger partial charge in [-0.25, -0.2) is 4.79 Å². The van der Waals surface area contributed by atoms with Crippen LogP contribution in [0.1, 0.15) is 24.6 Å². The van der Waals surface area contributed by atoms with Gasteiger partial charge in [-0.05, 0) is 35.8 Å². The zero-order valence-electron chi connectivity index (χ0n) is 11.5. The zero-order valence-corrected chi connectivity index (χ0v) is 13.9. The highest BCUT2D eigenvalue weighted by Gasteiger charge is 2.37. The van der Waals surface area contributed by atoms with Crippen LogP contribution in [0.15, 0.2) is 38.7 Å². The summed E-state index contributed by atoms with van der Waals surface area (Å²) in [5.74, 6) is -0.666. The van der Waals surface area contributed by atoms with Gasteiger partial charge >= 0.3 is 5.97 Å². The van der Waals surface area contributed by atoms with Gasteiger partial charge < -0.3 is 15.2 Å². The van der Waals surface area contributed by atoms with Crippen LogP contribution in [0.4, 0.5) is 0 Å². The number of carbonyl (C=O) groups excluding carboxylic acids is 1. The van der Waals surface area contributed by atoms with Crippen LogP contribution in [0.3, 0.4) is 0 Å². The number of rotatable bonds is 3. The maximum atomic E-state index is 12.2. The molecule has 0 fully saturated rings. The molecular formula is C14H13BrN2O3S. The van der Waals surface area contributed by atoms with Crippen LogP contribution in [0.25, 0.3) is 0 Å².